The second-order valence-electron chi connectivity index (χ2n) is 27.2. The van der Waals surface area contributed by atoms with Crippen LogP contribution < -0.4 is 0 Å². The first-order valence-corrected chi connectivity index (χ1v) is 37.9. The molecule has 5 fully saturated rings. The van der Waals surface area contributed by atoms with Crippen LogP contribution in [-0.4, -0.2) is 183 Å². The first-order chi connectivity index (χ1) is 45.8. The van der Waals surface area contributed by atoms with Crippen molar-refractivity contribution < 1.29 is 71.6 Å². The maximum atomic E-state index is 12.0. The van der Waals surface area contributed by atoms with Gasteiger partial charge in [0.25, 0.3) is 0 Å². The summed E-state index contributed by atoms with van der Waals surface area (Å²) in [6.07, 6.45) is 33.8. The average molecular weight is 1350 g/mol. The van der Waals surface area contributed by atoms with Gasteiger partial charge in [-0.15, -0.1) is 0 Å². The van der Waals surface area contributed by atoms with E-state index in [0.29, 0.717) is 97.2 Å². The summed E-state index contributed by atoms with van der Waals surface area (Å²) in [5.41, 5.74) is 0. The van der Waals surface area contributed by atoms with E-state index in [2.05, 4.69) is 74.0 Å². The Morgan fingerprint density at radius 3 is 0.789 bits per heavy atom. The molecule has 20 nitrogen and oxygen atoms in total. The van der Waals surface area contributed by atoms with Crippen LogP contribution in [-0.2, 0) is 71.6 Å². The Bertz CT molecular complexity index is 2140. The predicted octanol–water partition coefficient (Wildman–Crippen LogP) is 13.6. The van der Waals surface area contributed by atoms with Gasteiger partial charge in [0.2, 0.25) is 29.5 Å². The van der Waals surface area contributed by atoms with E-state index in [1.165, 1.54) is 71.3 Å². The fourth-order valence-electron chi connectivity index (χ4n) is 11.7. The van der Waals surface area contributed by atoms with Crippen LogP contribution >= 0.6 is 0 Å². The summed E-state index contributed by atoms with van der Waals surface area (Å²) in [6.45, 7) is 30.0. The Morgan fingerprint density at radius 1 is 0.305 bits per heavy atom. The number of rotatable bonds is 44. The lowest BCUT2D eigenvalue weighted by Crippen LogP contribution is -2.28. The molecular weight excluding hydrogens is 1210 g/mol. The highest BCUT2D eigenvalue weighted by Crippen LogP contribution is 2.25. The van der Waals surface area contributed by atoms with Crippen molar-refractivity contribution in [3.8, 4) is 0 Å². The minimum absolute atomic E-state index is 0.0847. The number of likely N-dealkylation sites (tertiary alicyclic amines) is 5. The molecule has 5 atom stereocenters. The van der Waals surface area contributed by atoms with Crippen molar-refractivity contribution in [3.63, 3.8) is 0 Å². The number of carbonyl (C=O) groups excluding carboxylic acids is 10. The summed E-state index contributed by atoms with van der Waals surface area (Å²) >= 11 is 0. The maximum absolute atomic E-state index is 12.0. The molecule has 5 rings (SSSR count). The van der Waals surface area contributed by atoms with Crippen LogP contribution in [0.5, 0.6) is 0 Å². The van der Waals surface area contributed by atoms with Gasteiger partial charge in [0.1, 0.15) is 0 Å². The van der Waals surface area contributed by atoms with E-state index in [1.54, 1.807) is 9.80 Å². The van der Waals surface area contributed by atoms with Gasteiger partial charge in [0, 0.05) is 97.6 Å². The molecule has 5 heterocycles. The van der Waals surface area contributed by atoms with Gasteiger partial charge in [0.15, 0.2) is 0 Å². The van der Waals surface area contributed by atoms with Gasteiger partial charge < -0.3 is 48.2 Å². The van der Waals surface area contributed by atoms with Crippen LogP contribution in [0, 0.1) is 35.5 Å². The van der Waals surface area contributed by atoms with E-state index in [9.17, 15) is 47.9 Å². The smallest absolute Gasteiger partial charge is 0.311 e. The molecule has 0 saturated carbocycles. The molecule has 20 heteroatoms. The van der Waals surface area contributed by atoms with E-state index in [4.69, 9.17) is 18.9 Å². The molecule has 5 aliphatic heterocycles. The highest BCUT2D eigenvalue weighted by Gasteiger charge is 2.39. The molecule has 0 aromatic heterocycles. The highest BCUT2D eigenvalue weighted by atomic mass is 16.5. The molecule has 0 radical (unpaired) electrons. The lowest BCUT2D eigenvalue weighted by molar-refractivity contribution is -0.149. The van der Waals surface area contributed by atoms with Crippen molar-refractivity contribution in [2.24, 2.45) is 35.5 Å². The topological polar surface area (TPSA) is 233 Å². The average Bonchev–Trinajstić information content (AvgIpc) is 1.83. The van der Waals surface area contributed by atoms with Crippen molar-refractivity contribution >= 4 is 59.4 Å². The van der Waals surface area contributed by atoms with Gasteiger partial charge in [-0.3, -0.25) is 47.9 Å². The van der Waals surface area contributed by atoms with E-state index >= 15 is 0 Å². The number of hydrogen-bond donors (Lipinski definition) is 0. The van der Waals surface area contributed by atoms with Gasteiger partial charge in [0.05, 0.1) is 63.1 Å². The molecule has 550 valence electrons. The van der Waals surface area contributed by atoms with E-state index in [-0.39, 0.29) is 89.0 Å². The van der Waals surface area contributed by atoms with Gasteiger partial charge in [-0.1, -0.05) is 198 Å². The molecule has 5 saturated heterocycles. The van der Waals surface area contributed by atoms with Crippen LogP contribution in [0.3, 0.4) is 0 Å². The molecule has 0 spiro atoms. The quantitative estimate of drug-likeness (QED) is 0.0313. The number of unbranched alkanes of at least 4 members (excludes halogenated alkanes) is 20. The largest absolute Gasteiger partial charge is 0.469 e. The molecule has 5 aliphatic rings. The third-order valence-electron chi connectivity index (χ3n) is 18.0. The summed E-state index contributed by atoms with van der Waals surface area (Å²) in [7, 11) is 1.37. The first kappa shape index (κ1) is 87.7. The number of ether oxygens (including phenoxy) is 5. The number of methoxy groups -OCH3 is 1. The van der Waals surface area contributed by atoms with Crippen LogP contribution in [0.4, 0.5) is 0 Å². The van der Waals surface area contributed by atoms with Crippen molar-refractivity contribution in [2.75, 3.05) is 99.0 Å². The Kier molecular flexibility index (Phi) is 51.4. The Balaban J connectivity index is 0.000000597. The molecule has 5 amide bonds. The van der Waals surface area contributed by atoms with E-state index in [0.717, 1.165) is 155 Å². The standard InChI is InChI=1S/C18H33NO3.C17H31NO3.C15H27NO3.C14H25NO3.C11H19NO3/c1-3-5-7-8-9-11-13-22-18(21)16-14-17(20)19(15-16)12-10-6-4-2;1-3-5-7-9-11-18-14-15(13-16(18)19)17(20)21-12-10-8-6-4-2;1-3-5-7-8-9-16-12-13(11-14(16)17)15(18)19-10-6-4-2;1-4-5-8-18-14(17)12-9-13(16)15(10-12)7-6-11(2)3;1-3-4-5-6-12-8-9(7-10(12)13)11(14)15-2/h16H,3-15H2,1-2H3;15H,3-14H2,1-2H3;13H,3-12H2,1-2H3;11-12H,4-10H2,1-3H3;9H,3-8H2,1-2H3. The second-order valence-corrected chi connectivity index (χ2v) is 27.2. The minimum Gasteiger partial charge on any atom is -0.469 e. The third kappa shape index (κ3) is 39.6. The maximum Gasteiger partial charge on any atom is 0.311 e. The van der Waals surface area contributed by atoms with Crippen molar-refractivity contribution in [1.82, 2.24) is 24.5 Å². The SMILES string of the molecule is CCCCCCCCOC(=O)C1CC(=O)N(CCCCC)C1.CCCCCCN1CC(C(=O)OCCCC)CC1=O.CCCCCCOC(=O)C1CC(=O)N(CCCCCC)C1.CCCCCN1CC(C(=O)OC)CC1=O.CCCCOC(=O)C1CC(=O)N(CCC(C)C)C1. The van der Waals surface area contributed by atoms with Crippen molar-refractivity contribution in [3.05, 3.63) is 0 Å². The summed E-state index contributed by atoms with van der Waals surface area (Å²) in [6, 6.07) is 0. The van der Waals surface area contributed by atoms with Crippen LogP contribution in [0.15, 0.2) is 0 Å². The fourth-order valence-corrected chi connectivity index (χ4v) is 11.7. The van der Waals surface area contributed by atoms with Crippen molar-refractivity contribution in [2.45, 2.75) is 288 Å². The molecule has 0 aromatic rings. The van der Waals surface area contributed by atoms with Gasteiger partial charge in [-0.2, -0.15) is 0 Å². The molecule has 0 N–H and O–H groups in total. The third-order valence-corrected chi connectivity index (χ3v) is 18.0. The minimum atomic E-state index is -0.263. The lowest BCUT2D eigenvalue weighted by atomic mass is 10.1. The number of esters is 5. The van der Waals surface area contributed by atoms with Gasteiger partial charge in [-0.25, -0.2) is 0 Å². The Morgan fingerprint density at radius 2 is 0.516 bits per heavy atom. The fraction of sp³-hybridized carbons (Fsp3) is 0.867. The molecule has 95 heavy (non-hydrogen) atoms. The summed E-state index contributed by atoms with van der Waals surface area (Å²) in [4.78, 5) is 127. The number of hydrogen-bond acceptors (Lipinski definition) is 15. The summed E-state index contributed by atoms with van der Waals surface area (Å²) in [5.74, 6) is -1.17. The number of nitrogens with zero attached hydrogens (tertiary/aromatic N) is 5. The van der Waals surface area contributed by atoms with Crippen LogP contribution in [0.1, 0.15) is 288 Å². The van der Waals surface area contributed by atoms with Crippen LogP contribution in [0.2, 0.25) is 0 Å². The molecule has 0 aromatic carbocycles. The monoisotopic (exact) mass is 1350 g/mol. The number of amides is 5. The van der Waals surface area contributed by atoms with Gasteiger partial charge >= 0.3 is 29.8 Å². The van der Waals surface area contributed by atoms with Crippen molar-refractivity contribution in [1.29, 1.82) is 0 Å². The second kappa shape index (κ2) is 55.7. The van der Waals surface area contributed by atoms with Crippen LogP contribution in [0.25, 0.3) is 0 Å². The number of carbonyl (C=O) groups is 10. The van der Waals surface area contributed by atoms with E-state index < -0.39 is 0 Å². The molecular formula is C75H135N5O15. The molecule has 0 aliphatic carbocycles. The van der Waals surface area contributed by atoms with E-state index in [1.807, 2.05) is 14.7 Å². The normalized spacial score (nSPS) is 19.0. The molecule has 0 bridgehead atoms. The zero-order valence-electron chi connectivity index (χ0n) is 61.8. The Hall–Kier alpha value is -5.30. The zero-order chi connectivity index (χ0) is 70.6. The predicted molar refractivity (Wildman–Crippen MR) is 373 cm³/mol. The highest BCUT2D eigenvalue weighted by molar-refractivity contribution is 5.89. The zero-order valence-corrected chi connectivity index (χ0v) is 61.8. The molecule has 5 unspecified atom stereocenters. The van der Waals surface area contributed by atoms with Gasteiger partial charge in [-0.05, 0) is 63.7 Å². The Labute approximate surface area is 575 Å². The lowest BCUT2D eigenvalue weighted by Gasteiger charge is -2.17. The summed E-state index contributed by atoms with van der Waals surface area (Å²) < 4.78 is 25.6. The summed E-state index contributed by atoms with van der Waals surface area (Å²) in [5, 5.41) is 0. The first-order valence-electron chi connectivity index (χ1n) is 37.9.